The van der Waals surface area contributed by atoms with E-state index < -0.39 is 17.0 Å². The van der Waals surface area contributed by atoms with Gasteiger partial charge in [0.1, 0.15) is 5.54 Å². The molecule has 0 aliphatic rings. The maximum Gasteiger partial charge on any atom is 0.328 e. The molecule has 5 heteroatoms. The zero-order valence-electron chi connectivity index (χ0n) is 10.3. The van der Waals surface area contributed by atoms with E-state index in [0.29, 0.717) is 5.56 Å². The predicted octanol–water partition coefficient (Wildman–Crippen LogP) is 0.742. The van der Waals surface area contributed by atoms with Gasteiger partial charge >= 0.3 is 5.97 Å². The Hall–Kier alpha value is -1.46. The summed E-state index contributed by atoms with van der Waals surface area (Å²) in [6, 6.07) is 3.38. The fourth-order valence-electron chi connectivity index (χ4n) is 1.62. The third-order valence-electron chi connectivity index (χ3n) is 2.65. The van der Waals surface area contributed by atoms with Crippen LogP contribution in [0.15, 0.2) is 24.5 Å². The summed E-state index contributed by atoms with van der Waals surface area (Å²) >= 11 is 0. The minimum absolute atomic E-state index is 0.157. The first kappa shape index (κ1) is 13.6. The number of aliphatic hydroxyl groups excluding tert-OH is 1. The summed E-state index contributed by atoms with van der Waals surface area (Å²) in [6.45, 7) is 4.88. The maximum absolute atomic E-state index is 11.4. The molecular weight excluding hydrogens is 220 g/mol. The van der Waals surface area contributed by atoms with E-state index in [1.54, 1.807) is 39.1 Å². The van der Waals surface area contributed by atoms with E-state index in [4.69, 9.17) is 0 Å². The van der Waals surface area contributed by atoms with Crippen LogP contribution in [0.5, 0.6) is 0 Å². The number of hydrogen-bond acceptors (Lipinski definition) is 4. The highest BCUT2D eigenvalue weighted by Crippen LogP contribution is 2.23. The first-order valence-electron chi connectivity index (χ1n) is 5.36. The molecule has 0 amide bonds. The number of nitrogens with one attached hydrogen (secondary N) is 1. The van der Waals surface area contributed by atoms with Crippen LogP contribution in [0.3, 0.4) is 0 Å². The highest BCUT2D eigenvalue weighted by molar-refractivity contribution is 5.80. The van der Waals surface area contributed by atoms with E-state index >= 15 is 0 Å². The molecule has 0 saturated heterocycles. The zero-order chi connectivity index (χ0) is 13.1. The van der Waals surface area contributed by atoms with Crippen LogP contribution in [0.2, 0.25) is 0 Å². The van der Waals surface area contributed by atoms with Gasteiger partial charge in [0.2, 0.25) is 0 Å². The van der Waals surface area contributed by atoms with Gasteiger partial charge in [-0.2, -0.15) is 0 Å². The van der Waals surface area contributed by atoms with Crippen molar-refractivity contribution in [3.05, 3.63) is 30.1 Å². The van der Waals surface area contributed by atoms with Crippen molar-refractivity contribution in [2.24, 2.45) is 0 Å². The van der Waals surface area contributed by atoms with Crippen molar-refractivity contribution in [1.29, 1.82) is 0 Å². The Bertz CT molecular complexity index is 392. The highest BCUT2D eigenvalue weighted by Gasteiger charge is 2.39. The van der Waals surface area contributed by atoms with E-state index in [2.05, 4.69) is 10.3 Å². The number of carboxylic acid groups (broad SMARTS) is 1. The molecule has 1 aromatic rings. The fraction of sp³-hybridized carbons (Fsp3) is 0.500. The van der Waals surface area contributed by atoms with Gasteiger partial charge in [-0.15, -0.1) is 0 Å². The van der Waals surface area contributed by atoms with Crippen LogP contribution >= 0.6 is 0 Å². The lowest BCUT2D eigenvalue weighted by molar-refractivity contribution is -0.145. The molecule has 0 saturated carbocycles. The average Bonchev–Trinajstić information content (AvgIpc) is 2.29. The van der Waals surface area contributed by atoms with Crippen molar-refractivity contribution < 1.29 is 15.0 Å². The van der Waals surface area contributed by atoms with Crippen molar-refractivity contribution in [2.45, 2.75) is 31.8 Å². The lowest BCUT2D eigenvalue weighted by atomic mass is 9.90. The van der Waals surface area contributed by atoms with Crippen LogP contribution in [-0.2, 0) is 10.3 Å². The van der Waals surface area contributed by atoms with E-state index in [1.807, 2.05) is 0 Å². The van der Waals surface area contributed by atoms with Gasteiger partial charge in [-0.25, -0.2) is 4.79 Å². The fourth-order valence-corrected chi connectivity index (χ4v) is 1.62. The van der Waals surface area contributed by atoms with Gasteiger partial charge in [0.15, 0.2) is 0 Å². The van der Waals surface area contributed by atoms with Gasteiger partial charge in [0, 0.05) is 23.5 Å². The topological polar surface area (TPSA) is 82.5 Å². The molecule has 0 fully saturated rings. The number of carboxylic acids is 1. The largest absolute Gasteiger partial charge is 0.480 e. The van der Waals surface area contributed by atoms with E-state index in [-0.39, 0.29) is 6.61 Å². The Morgan fingerprint density at radius 1 is 1.47 bits per heavy atom. The highest BCUT2D eigenvalue weighted by atomic mass is 16.4. The number of aromatic nitrogens is 1. The third kappa shape index (κ3) is 3.01. The molecule has 17 heavy (non-hydrogen) atoms. The summed E-state index contributed by atoms with van der Waals surface area (Å²) in [7, 11) is 0. The van der Waals surface area contributed by atoms with Crippen LogP contribution in [0, 0.1) is 0 Å². The van der Waals surface area contributed by atoms with Crippen molar-refractivity contribution >= 4 is 5.97 Å². The van der Waals surface area contributed by atoms with Gasteiger partial charge in [-0.05, 0) is 26.8 Å². The molecule has 5 nitrogen and oxygen atoms in total. The molecule has 1 rings (SSSR count). The average molecular weight is 238 g/mol. The van der Waals surface area contributed by atoms with E-state index in [9.17, 15) is 15.0 Å². The number of hydrogen-bond donors (Lipinski definition) is 3. The first-order valence-corrected chi connectivity index (χ1v) is 5.36. The van der Waals surface area contributed by atoms with Crippen molar-refractivity contribution in [2.75, 3.05) is 6.61 Å². The molecule has 0 aliphatic carbocycles. The predicted molar refractivity (Wildman–Crippen MR) is 63.5 cm³/mol. The standard InChI is InChI=1S/C12H18N2O3/c1-11(2,8-15)14-12(3,10(16)17)9-5-4-6-13-7-9/h4-7,14-15H,8H2,1-3H3,(H,16,17). The summed E-state index contributed by atoms with van der Waals surface area (Å²) in [5.74, 6) is -1.01. The van der Waals surface area contributed by atoms with E-state index in [1.165, 1.54) is 6.20 Å². The summed E-state index contributed by atoms with van der Waals surface area (Å²) in [5, 5.41) is 21.5. The normalized spacial score (nSPS) is 15.3. The first-order chi connectivity index (χ1) is 7.82. The molecule has 0 spiro atoms. The molecule has 1 atom stereocenters. The summed E-state index contributed by atoms with van der Waals surface area (Å²) in [6.07, 6.45) is 3.09. The van der Waals surface area contributed by atoms with Crippen molar-refractivity contribution in [1.82, 2.24) is 10.3 Å². The Morgan fingerprint density at radius 2 is 2.12 bits per heavy atom. The second-order valence-electron chi connectivity index (χ2n) is 4.84. The molecule has 1 unspecified atom stereocenters. The van der Waals surface area contributed by atoms with Gasteiger partial charge < -0.3 is 10.2 Å². The SMILES string of the molecule is CC(C)(CO)NC(C)(C(=O)O)c1cccnc1. The van der Waals surface area contributed by atoms with Crippen LogP contribution in [-0.4, -0.2) is 33.3 Å². The zero-order valence-corrected chi connectivity index (χ0v) is 10.3. The second-order valence-corrected chi connectivity index (χ2v) is 4.84. The number of aliphatic hydroxyl groups is 1. The van der Waals surface area contributed by atoms with Crippen LogP contribution in [0.1, 0.15) is 26.3 Å². The molecule has 1 heterocycles. The quantitative estimate of drug-likeness (QED) is 0.705. The van der Waals surface area contributed by atoms with Crippen molar-refractivity contribution in [3.63, 3.8) is 0 Å². The lowest BCUT2D eigenvalue weighted by Crippen LogP contribution is -2.57. The summed E-state index contributed by atoms with van der Waals surface area (Å²) in [4.78, 5) is 15.4. The Kier molecular flexibility index (Phi) is 3.85. The third-order valence-corrected chi connectivity index (χ3v) is 2.65. The number of aliphatic carboxylic acids is 1. The number of rotatable bonds is 5. The molecule has 0 bridgehead atoms. The number of carbonyl (C=O) groups is 1. The van der Waals surface area contributed by atoms with Crippen LogP contribution in [0.4, 0.5) is 0 Å². The molecule has 0 radical (unpaired) electrons. The number of nitrogens with zero attached hydrogens (tertiary/aromatic N) is 1. The maximum atomic E-state index is 11.4. The Labute approximate surface area is 101 Å². The Morgan fingerprint density at radius 3 is 2.53 bits per heavy atom. The lowest BCUT2D eigenvalue weighted by Gasteiger charge is -2.35. The summed E-state index contributed by atoms with van der Waals surface area (Å²) < 4.78 is 0. The Balaban J connectivity index is 3.12. The van der Waals surface area contributed by atoms with Gasteiger partial charge in [-0.1, -0.05) is 6.07 Å². The molecule has 3 N–H and O–H groups in total. The minimum Gasteiger partial charge on any atom is -0.480 e. The van der Waals surface area contributed by atoms with Gasteiger partial charge in [0.05, 0.1) is 6.61 Å². The molecule has 94 valence electrons. The molecule has 0 aromatic carbocycles. The van der Waals surface area contributed by atoms with Gasteiger partial charge in [0.25, 0.3) is 0 Å². The van der Waals surface area contributed by atoms with E-state index in [0.717, 1.165) is 0 Å². The van der Waals surface area contributed by atoms with Crippen LogP contribution < -0.4 is 5.32 Å². The van der Waals surface area contributed by atoms with Crippen LogP contribution in [0.25, 0.3) is 0 Å². The van der Waals surface area contributed by atoms with Gasteiger partial charge in [-0.3, -0.25) is 10.3 Å². The second kappa shape index (κ2) is 4.81. The minimum atomic E-state index is -1.28. The monoisotopic (exact) mass is 238 g/mol. The molecule has 1 aromatic heterocycles. The smallest absolute Gasteiger partial charge is 0.328 e. The summed E-state index contributed by atoms with van der Waals surface area (Å²) in [5.41, 5.74) is -1.42. The molecular formula is C12H18N2O3. The number of pyridine rings is 1. The van der Waals surface area contributed by atoms with Crippen molar-refractivity contribution in [3.8, 4) is 0 Å². The molecule has 0 aliphatic heterocycles.